The van der Waals surface area contributed by atoms with E-state index in [2.05, 4.69) is 20.8 Å². The van der Waals surface area contributed by atoms with Crippen LogP contribution in [0.5, 0.6) is 0 Å². The Balaban J connectivity index is 1.91. The van der Waals surface area contributed by atoms with Crippen molar-refractivity contribution in [3.63, 3.8) is 0 Å². The third-order valence-corrected chi connectivity index (χ3v) is 2.59. The zero-order valence-corrected chi connectivity index (χ0v) is 11.5. The molecular weight excluding hydrogens is 275 g/mol. The molecule has 1 amide bonds. The van der Waals surface area contributed by atoms with Gasteiger partial charge in [-0.3, -0.25) is 5.32 Å². The van der Waals surface area contributed by atoms with Gasteiger partial charge < -0.3 is 10.1 Å². The standard InChI is InChI=1S/C14H15FN4O2/c1-2-21-14(20)17-13-8-7-12(18-19-13)16-9-10-5-3-4-6-11(10)15/h3-8H,2,9H2,1H3,(H,16,18)(H,17,19,20). The second-order valence-electron chi connectivity index (χ2n) is 4.09. The number of halogens is 1. The summed E-state index contributed by atoms with van der Waals surface area (Å²) in [5.74, 6) is 0.483. The Morgan fingerprint density at radius 3 is 2.57 bits per heavy atom. The first kappa shape index (κ1) is 14.7. The van der Waals surface area contributed by atoms with Crippen molar-refractivity contribution >= 4 is 17.7 Å². The molecule has 0 spiro atoms. The van der Waals surface area contributed by atoms with Crippen LogP contribution in [0, 0.1) is 5.82 Å². The minimum absolute atomic E-state index is 0.279. The van der Waals surface area contributed by atoms with Crippen LogP contribution in [-0.2, 0) is 11.3 Å². The molecule has 21 heavy (non-hydrogen) atoms. The molecule has 0 saturated carbocycles. The van der Waals surface area contributed by atoms with Crippen LogP contribution >= 0.6 is 0 Å². The molecule has 7 heteroatoms. The SMILES string of the molecule is CCOC(=O)Nc1ccc(NCc2ccccc2F)nn1. The van der Waals surface area contributed by atoms with Crippen LogP contribution in [0.1, 0.15) is 12.5 Å². The van der Waals surface area contributed by atoms with Crippen molar-refractivity contribution in [1.82, 2.24) is 10.2 Å². The van der Waals surface area contributed by atoms with E-state index in [0.29, 0.717) is 17.9 Å². The quantitative estimate of drug-likeness (QED) is 0.885. The van der Waals surface area contributed by atoms with E-state index in [1.807, 2.05) is 0 Å². The first-order valence-corrected chi connectivity index (χ1v) is 6.44. The van der Waals surface area contributed by atoms with Gasteiger partial charge in [0.1, 0.15) is 11.6 Å². The lowest BCUT2D eigenvalue weighted by Gasteiger charge is -2.07. The number of nitrogens with one attached hydrogen (secondary N) is 2. The lowest BCUT2D eigenvalue weighted by molar-refractivity contribution is 0.168. The highest BCUT2D eigenvalue weighted by atomic mass is 19.1. The van der Waals surface area contributed by atoms with Crippen LogP contribution in [0.15, 0.2) is 36.4 Å². The summed E-state index contributed by atoms with van der Waals surface area (Å²) in [6, 6.07) is 9.69. The fourth-order valence-electron chi connectivity index (χ4n) is 1.59. The maximum Gasteiger partial charge on any atom is 0.412 e. The first-order chi connectivity index (χ1) is 10.2. The highest BCUT2D eigenvalue weighted by molar-refractivity contribution is 5.83. The van der Waals surface area contributed by atoms with Crippen molar-refractivity contribution in [2.75, 3.05) is 17.2 Å². The Morgan fingerprint density at radius 2 is 1.90 bits per heavy atom. The fraction of sp³-hybridized carbons (Fsp3) is 0.214. The topological polar surface area (TPSA) is 76.1 Å². The average Bonchev–Trinajstić information content (AvgIpc) is 2.48. The van der Waals surface area contributed by atoms with Crippen LogP contribution in [-0.4, -0.2) is 22.9 Å². The van der Waals surface area contributed by atoms with Gasteiger partial charge in [-0.25, -0.2) is 9.18 Å². The highest BCUT2D eigenvalue weighted by Gasteiger charge is 2.04. The van der Waals surface area contributed by atoms with Crippen molar-refractivity contribution in [2.45, 2.75) is 13.5 Å². The summed E-state index contributed by atoms with van der Waals surface area (Å²) in [6.45, 7) is 2.29. The van der Waals surface area contributed by atoms with Crippen molar-refractivity contribution in [3.05, 3.63) is 47.8 Å². The molecule has 0 bridgehead atoms. The molecular formula is C14H15FN4O2. The van der Waals surface area contributed by atoms with E-state index in [1.165, 1.54) is 6.07 Å². The molecule has 6 nitrogen and oxygen atoms in total. The van der Waals surface area contributed by atoms with E-state index in [4.69, 9.17) is 4.74 Å². The van der Waals surface area contributed by atoms with E-state index >= 15 is 0 Å². The fourth-order valence-corrected chi connectivity index (χ4v) is 1.59. The zero-order chi connectivity index (χ0) is 15.1. The second kappa shape index (κ2) is 7.18. The van der Waals surface area contributed by atoms with Gasteiger partial charge in [0.15, 0.2) is 5.82 Å². The maximum atomic E-state index is 13.4. The van der Waals surface area contributed by atoms with Crippen LogP contribution in [0.25, 0.3) is 0 Å². The number of rotatable bonds is 5. The Morgan fingerprint density at radius 1 is 1.19 bits per heavy atom. The highest BCUT2D eigenvalue weighted by Crippen LogP contribution is 2.10. The Hall–Kier alpha value is -2.70. The molecule has 110 valence electrons. The van der Waals surface area contributed by atoms with Crippen LogP contribution < -0.4 is 10.6 Å². The van der Waals surface area contributed by atoms with Gasteiger partial charge in [0, 0.05) is 12.1 Å². The number of benzene rings is 1. The smallest absolute Gasteiger partial charge is 0.412 e. The molecule has 0 unspecified atom stereocenters. The number of anilines is 2. The largest absolute Gasteiger partial charge is 0.450 e. The van der Waals surface area contributed by atoms with Crippen molar-refractivity contribution in [3.8, 4) is 0 Å². The molecule has 1 aromatic carbocycles. The Kier molecular flexibility index (Phi) is 5.03. The lowest BCUT2D eigenvalue weighted by Crippen LogP contribution is -2.14. The van der Waals surface area contributed by atoms with Gasteiger partial charge in [0.05, 0.1) is 6.61 Å². The van der Waals surface area contributed by atoms with Crippen LogP contribution in [0.4, 0.5) is 20.8 Å². The molecule has 0 aliphatic rings. The summed E-state index contributed by atoms with van der Waals surface area (Å²) < 4.78 is 18.2. The molecule has 0 radical (unpaired) electrons. The maximum absolute atomic E-state index is 13.4. The van der Waals surface area contributed by atoms with Gasteiger partial charge in [-0.05, 0) is 25.1 Å². The molecule has 2 N–H and O–H groups in total. The third kappa shape index (κ3) is 4.41. The number of nitrogens with zero attached hydrogens (tertiary/aromatic N) is 2. The van der Waals surface area contributed by atoms with Gasteiger partial charge in [0.2, 0.25) is 0 Å². The third-order valence-electron chi connectivity index (χ3n) is 2.59. The number of amides is 1. The zero-order valence-electron chi connectivity index (χ0n) is 11.5. The van der Waals surface area contributed by atoms with Gasteiger partial charge in [0.25, 0.3) is 0 Å². The predicted molar refractivity (Wildman–Crippen MR) is 76.4 cm³/mol. The molecule has 0 aliphatic carbocycles. The summed E-state index contributed by atoms with van der Waals surface area (Å²) in [4.78, 5) is 11.2. The average molecular weight is 290 g/mol. The number of hydrogen-bond acceptors (Lipinski definition) is 5. The molecule has 1 heterocycles. The van der Waals surface area contributed by atoms with Crippen LogP contribution in [0.3, 0.4) is 0 Å². The minimum atomic E-state index is -0.584. The van der Waals surface area contributed by atoms with E-state index in [0.717, 1.165) is 0 Å². The molecule has 2 rings (SSSR count). The predicted octanol–water partition coefficient (Wildman–Crippen LogP) is 2.80. The molecule has 0 atom stereocenters. The number of carbonyl (C=O) groups excluding carboxylic acids is 1. The van der Waals surface area contributed by atoms with Gasteiger partial charge in [-0.1, -0.05) is 18.2 Å². The lowest BCUT2D eigenvalue weighted by atomic mass is 10.2. The minimum Gasteiger partial charge on any atom is -0.450 e. The molecule has 0 saturated heterocycles. The Labute approximate surface area is 121 Å². The molecule has 0 aliphatic heterocycles. The number of aromatic nitrogens is 2. The Bertz CT molecular complexity index is 604. The number of hydrogen-bond donors (Lipinski definition) is 2. The summed E-state index contributed by atoms with van der Waals surface area (Å²) in [5, 5.41) is 13.1. The number of carbonyl (C=O) groups is 1. The monoisotopic (exact) mass is 290 g/mol. The van der Waals surface area contributed by atoms with Gasteiger partial charge in [-0.2, -0.15) is 0 Å². The van der Waals surface area contributed by atoms with Gasteiger partial charge >= 0.3 is 6.09 Å². The molecule has 2 aromatic rings. The van der Waals surface area contributed by atoms with Gasteiger partial charge in [-0.15, -0.1) is 10.2 Å². The number of ether oxygens (including phenoxy) is 1. The first-order valence-electron chi connectivity index (χ1n) is 6.44. The molecule has 0 fully saturated rings. The van der Waals surface area contributed by atoms with Crippen molar-refractivity contribution in [2.24, 2.45) is 0 Å². The van der Waals surface area contributed by atoms with E-state index < -0.39 is 6.09 Å². The van der Waals surface area contributed by atoms with E-state index in [-0.39, 0.29) is 18.2 Å². The van der Waals surface area contributed by atoms with E-state index in [9.17, 15) is 9.18 Å². The van der Waals surface area contributed by atoms with Crippen molar-refractivity contribution in [1.29, 1.82) is 0 Å². The summed E-state index contributed by atoms with van der Waals surface area (Å²) in [6.07, 6.45) is -0.584. The normalized spacial score (nSPS) is 10.0. The summed E-state index contributed by atoms with van der Waals surface area (Å²) in [5.41, 5.74) is 0.535. The molecule has 1 aromatic heterocycles. The van der Waals surface area contributed by atoms with E-state index in [1.54, 1.807) is 37.3 Å². The summed E-state index contributed by atoms with van der Waals surface area (Å²) >= 11 is 0. The van der Waals surface area contributed by atoms with Crippen molar-refractivity contribution < 1.29 is 13.9 Å². The second-order valence-corrected chi connectivity index (χ2v) is 4.09. The summed E-state index contributed by atoms with van der Waals surface area (Å²) in [7, 11) is 0. The van der Waals surface area contributed by atoms with Crippen LogP contribution in [0.2, 0.25) is 0 Å².